The van der Waals surface area contributed by atoms with E-state index in [2.05, 4.69) is 20.3 Å². The van der Waals surface area contributed by atoms with E-state index < -0.39 is 11.7 Å². The number of aryl methyl sites for hydroxylation is 1. The molecule has 2 aliphatic rings. The molecule has 6 rings (SSSR count). The lowest BCUT2D eigenvalue weighted by Gasteiger charge is -2.25. The number of carbonyl (C=O) groups excluding carboxylic acids is 1. The molecule has 1 atom stereocenters. The summed E-state index contributed by atoms with van der Waals surface area (Å²) >= 11 is 0. The Labute approximate surface area is 203 Å². The smallest absolute Gasteiger partial charge is 0.416 e. The van der Waals surface area contributed by atoms with Crippen LogP contribution in [0.1, 0.15) is 40.4 Å². The van der Waals surface area contributed by atoms with Gasteiger partial charge in [-0.1, -0.05) is 0 Å². The largest absolute Gasteiger partial charge is 0.493 e. The van der Waals surface area contributed by atoms with E-state index in [0.29, 0.717) is 65.6 Å². The minimum Gasteiger partial charge on any atom is -0.493 e. The normalized spacial score (nSPS) is 17.2. The van der Waals surface area contributed by atoms with Gasteiger partial charge in [0.1, 0.15) is 28.9 Å². The number of hydrogen-bond acceptors (Lipinski definition) is 5. The summed E-state index contributed by atoms with van der Waals surface area (Å²) in [5, 5.41) is 2.76. The number of carbonyl (C=O) groups is 1. The number of nitrogens with zero attached hydrogens (tertiary/aromatic N) is 2. The van der Waals surface area contributed by atoms with Gasteiger partial charge in [-0.25, -0.2) is 9.97 Å². The SMILES string of the molecule is Cc1cc(C(F)(F)F)cc2[nH]c(C3COc4ccc(Oc5ccnc6c5CCC(=O)N6)cc4C3)nc12. The molecule has 0 aliphatic carbocycles. The molecule has 1 amide bonds. The summed E-state index contributed by atoms with van der Waals surface area (Å²) in [6.45, 7) is 1.98. The number of nitrogens with one attached hydrogen (secondary N) is 2. The average Bonchev–Trinajstić information content (AvgIpc) is 3.28. The van der Waals surface area contributed by atoms with Crippen molar-refractivity contribution in [2.24, 2.45) is 0 Å². The Morgan fingerprint density at radius 2 is 2.00 bits per heavy atom. The second-order valence-electron chi connectivity index (χ2n) is 9.08. The number of amides is 1. The van der Waals surface area contributed by atoms with Crippen LogP contribution in [0.2, 0.25) is 0 Å². The van der Waals surface area contributed by atoms with Crippen molar-refractivity contribution in [3.63, 3.8) is 0 Å². The van der Waals surface area contributed by atoms with Gasteiger partial charge in [0.2, 0.25) is 5.91 Å². The number of fused-ring (bicyclic) bond motifs is 3. The summed E-state index contributed by atoms with van der Waals surface area (Å²) in [6, 6.07) is 9.53. The highest BCUT2D eigenvalue weighted by Gasteiger charge is 2.32. The maximum atomic E-state index is 13.2. The predicted molar refractivity (Wildman–Crippen MR) is 125 cm³/mol. The lowest BCUT2D eigenvalue weighted by Crippen LogP contribution is -2.20. The number of anilines is 1. The van der Waals surface area contributed by atoms with Gasteiger partial charge in [-0.15, -0.1) is 0 Å². The fourth-order valence-corrected chi connectivity index (χ4v) is 4.76. The topological polar surface area (TPSA) is 89.1 Å². The molecule has 4 heterocycles. The lowest BCUT2D eigenvalue weighted by molar-refractivity contribution is -0.137. The van der Waals surface area contributed by atoms with Crippen molar-refractivity contribution in [2.75, 3.05) is 11.9 Å². The van der Waals surface area contributed by atoms with Crippen LogP contribution in [0, 0.1) is 6.92 Å². The molecule has 0 spiro atoms. The van der Waals surface area contributed by atoms with Gasteiger partial charge in [-0.3, -0.25) is 4.79 Å². The summed E-state index contributed by atoms with van der Waals surface area (Å²) < 4.78 is 51.8. The Morgan fingerprint density at radius 3 is 2.83 bits per heavy atom. The molecule has 0 bridgehead atoms. The molecule has 0 fully saturated rings. The molecule has 0 radical (unpaired) electrons. The van der Waals surface area contributed by atoms with E-state index in [-0.39, 0.29) is 11.8 Å². The molecule has 36 heavy (non-hydrogen) atoms. The van der Waals surface area contributed by atoms with Crippen molar-refractivity contribution < 1.29 is 27.4 Å². The van der Waals surface area contributed by atoms with Crippen LogP contribution in [0.4, 0.5) is 19.0 Å². The highest BCUT2D eigenvalue weighted by atomic mass is 19.4. The Morgan fingerprint density at radius 1 is 1.14 bits per heavy atom. The fraction of sp³-hybridized carbons (Fsp3) is 0.269. The van der Waals surface area contributed by atoms with Crippen molar-refractivity contribution in [3.05, 3.63) is 70.7 Å². The Hall–Kier alpha value is -4.08. The number of aromatic nitrogens is 3. The van der Waals surface area contributed by atoms with E-state index >= 15 is 0 Å². The molecule has 7 nitrogen and oxygen atoms in total. The Bertz CT molecular complexity index is 1510. The molecule has 0 saturated heterocycles. The number of rotatable bonds is 3. The Balaban J connectivity index is 1.27. The first-order valence-corrected chi connectivity index (χ1v) is 11.5. The number of imidazole rings is 1. The number of hydrogen-bond donors (Lipinski definition) is 2. The molecule has 2 aromatic heterocycles. The van der Waals surface area contributed by atoms with Crippen molar-refractivity contribution in [1.29, 1.82) is 0 Å². The van der Waals surface area contributed by atoms with Crippen LogP contribution in [0.25, 0.3) is 11.0 Å². The molecule has 2 aromatic carbocycles. The number of benzene rings is 2. The van der Waals surface area contributed by atoms with Gasteiger partial charge in [-0.05, 0) is 67.3 Å². The van der Waals surface area contributed by atoms with Crippen LogP contribution in [0.3, 0.4) is 0 Å². The number of ether oxygens (including phenoxy) is 2. The van der Waals surface area contributed by atoms with Crippen molar-refractivity contribution >= 4 is 22.8 Å². The molecule has 0 saturated carbocycles. The highest BCUT2D eigenvalue weighted by molar-refractivity contribution is 5.93. The van der Waals surface area contributed by atoms with E-state index in [4.69, 9.17) is 9.47 Å². The Kier molecular flexibility index (Phi) is 5.13. The van der Waals surface area contributed by atoms with Gasteiger partial charge >= 0.3 is 6.18 Å². The van der Waals surface area contributed by atoms with E-state index in [9.17, 15) is 18.0 Å². The molecular formula is C26H21F3N4O3. The predicted octanol–water partition coefficient (Wildman–Crippen LogP) is 5.68. The molecule has 10 heteroatoms. The number of alkyl halides is 3. The third-order valence-corrected chi connectivity index (χ3v) is 6.55. The zero-order valence-electron chi connectivity index (χ0n) is 19.2. The van der Waals surface area contributed by atoms with Crippen molar-refractivity contribution in [2.45, 2.75) is 38.3 Å². The summed E-state index contributed by atoms with van der Waals surface area (Å²) in [6.07, 6.45) is -1.33. The highest BCUT2D eigenvalue weighted by Crippen LogP contribution is 2.38. The number of H-pyrrole nitrogens is 1. The van der Waals surface area contributed by atoms with Crippen molar-refractivity contribution in [1.82, 2.24) is 15.0 Å². The molecular weight excluding hydrogens is 473 g/mol. The number of halogens is 3. The summed E-state index contributed by atoms with van der Waals surface area (Å²) in [5.74, 6) is 2.84. The first kappa shape index (κ1) is 22.4. The second-order valence-corrected chi connectivity index (χ2v) is 9.08. The first-order chi connectivity index (χ1) is 17.2. The van der Waals surface area contributed by atoms with Crippen LogP contribution in [0.15, 0.2) is 42.6 Å². The maximum Gasteiger partial charge on any atom is 0.416 e. The first-order valence-electron chi connectivity index (χ1n) is 11.5. The van der Waals surface area contributed by atoms with E-state index in [1.165, 1.54) is 0 Å². The monoisotopic (exact) mass is 494 g/mol. The summed E-state index contributed by atoms with van der Waals surface area (Å²) in [4.78, 5) is 23.6. The zero-order valence-corrected chi connectivity index (χ0v) is 19.2. The fourth-order valence-electron chi connectivity index (χ4n) is 4.76. The molecule has 2 N–H and O–H groups in total. The van der Waals surface area contributed by atoms with Crippen LogP contribution >= 0.6 is 0 Å². The number of aromatic amines is 1. The van der Waals surface area contributed by atoms with Gasteiger partial charge in [0, 0.05) is 18.2 Å². The van der Waals surface area contributed by atoms with E-state index in [1.54, 1.807) is 19.2 Å². The standard InChI is InChI=1S/C26H21F3N4O3/c1-13-8-16(26(27,28)29)11-19-23(13)33-24(31-19)15-9-14-10-17(2-4-20(14)35-12-15)36-21-6-7-30-25-18(21)3-5-22(34)32-25/h2,4,6-8,10-11,15H,3,5,9,12H2,1H3,(H,31,33)(H,30,32,34). The van der Waals surface area contributed by atoms with E-state index in [0.717, 1.165) is 29.0 Å². The number of pyridine rings is 1. The van der Waals surface area contributed by atoms with Gasteiger partial charge in [0.15, 0.2) is 0 Å². The average molecular weight is 494 g/mol. The van der Waals surface area contributed by atoms with Gasteiger partial charge in [0.05, 0.1) is 29.1 Å². The van der Waals surface area contributed by atoms with Gasteiger partial charge in [-0.2, -0.15) is 13.2 Å². The minimum absolute atomic E-state index is 0.0699. The van der Waals surface area contributed by atoms with Gasteiger partial charge in [0.25, 0.3) is 0 Å². The quantitative estimate of drug-likeness (QED) is 0.383. The van der Waals surface area contributed by atoms with Crippen LogP contribution < -0.4 is 14.8 Å². The van der Waals surface area contributed by atoms with E-state index in [1.807, 2.05) is 18.2 Å². The van der Waals surface area contributed by atoms with Crippen LogP contribution in [-0.4, -0.2) is 27.5 Å². The summed E-state index contributed by atoms with van der Waals surface area (Å²) in [5.41, 5.74) is 2.40. The lowest BCUT2D eigenvalue weighted by atomic mass is 9.96. The molecule has 1 unspecified atom stereocenters. The van der Waals surface area contributed by atoms with Crippen LogP contribution in [0.5, 0.6) is 17.2 Å². The van der Waals surface area contributed by atoms with Crippen molar-refractivity contribution in [3.8, 4) is 17.2 Å². The molecule has 2 aliphatic heterocycles. The third kappa shape index (κ3) is 4.02. The second kappa shape index (κ2) is 8.25. The van der Waals surface area contributed by atoms with Crippen LogP contribution in [-0.2, 0) is 23.8 Å². The third-order valence-electron chi connectivity index (χ3n) is 6.55. The maximum absolute atomic E-state index is 13.2. The molecule has 184 valence electrons. The minimum atomic E-state index is -4.42. The van der Waals surface area contributed by atoms with Gasteiger partial charge < -0.3 is 19.8 Å². The zero-order chi connectivity index (χ0) is 25.0. The molecule has 4 aromatic rings. The summed E-state index contributed by atoms with van der Waals surface area (Å²) in [7, 11) is 0.